The molecule has 10 heteroatoms. The Kier molecular flexibility index (Phi) is 9.51. The van der Waals surface area contributed by atoms with Gasteiger partial charge in [-0.15, -0.1) is 0 Å². The number of hydrogen-bond donors (Lipinski definition) is 3. The molecule has 0 fully saturated rings. The maximum atomic E-state index is 12.1. The van der Waals surface area contributed by atoms with Crippen LogP contribution < -0.4 is 30.3 Å². The number of nitrogens with zero attached hydrogens (tertiary/aromatic N) is 1. The summed E-state index contributed by atoms with van der Waals surface area (Å²) in [5, 5.41) is 8.92. The third-order valence-corrected chi connectivity index (χ3v) is 4.04. The molecule has 3 N–H and O–H groups in total. The molecule has 2 aromatic carbocycles. The number of ether oxygens (including phenoxy) is 3. The molecule has 0 aliphatic carbocycles. The normalized spacial score (nSPS) is 10.3. The van der Waals surface area contributed by atoms with Crippen LogP contribution in [0.5, 0.6) is 17.2 Å². The maximum absolute atomic E-state index is 12.1. The van der Waals surface area contributed by atoms with Crippen LogP contribution in [0.4, 0.5) is 5.69 Å². The Labute approximate surface area is 185 Å². The van der Waals surface area contributed by atoms with Gasteiger partial charge in [-0.1, -0.05) is 6.92 Å². The highest BCUT2D eigenvalue weighted by molar-refractivity contribution is 6.35. The van der Waals surface area contributed by atoms with Crippen molar-refractivity contribution in [2.45, 2.75) is 13.3 Å². The van der Waals surface area contributed by atoms with Crippen molar-refractivity contribution in [3.63, 3.8) is 0 Å². The van der Waals surface area contributed by atoms with Crippen molar-refractivity contribution in [2.75, 3.05) is 32.7 Å². The summed E-state index contributed by atoms with van der Waals surface area (Å²) in [5.41, 5.74) is 3.35. The lowest BCUT2D eigenvalue weighted by molar-refractivity contribution is -0.139. The molecule has 170 valence electrons. The lowest BCUT2D eigenvalue weighted by Gasteiger charge is -2.11. The standard InChI is InChI=1S/C22H26N4O6/c1-4-11-23-21(28)22(29)26-24-13-15-5-10-18(19(12-15)31-3)32-14-20(27)25-16-6-8-17(30-2)9-7-16/h5-10,12-13H,4,11,14H2,1-3H3,(H,23,28)(H,25,27)(H,26,29)/b24-13-. The van der Waals surface area contributed by atoms with E-state index in [0.29, 0.717) is 35.0 Å². The average Bonchev–Trinajstić information content (AvgIpc) is 2.81. The van der Waals surface area contributed by atoms with Crippen molar-refractivity contribution in [3.8, 4) is 17.2 Å². The minimum absolute atomic E-state index is 0.223. The van der Waals surface area contributed by atoms with E-state index in [1.54, 1.807) is 49.6 Å². The van der Waals surface area contributed by atoms with Gasteiger partial charge in [0, 0.05) is 12.2 Å². The predicted molar refractivity (Wildman–Crippen MR) is 119 cm³/mol. The topological polar surface area (TPSA) is 127 Å². The second kappa shape index (κ2) is 12.6. The molecule has 32 heavy (non-hydrogen) atoms. The zero-order chi connectivity index (χ0) is 23.3. The number of carbonyl (C=O) groups excluding carboxylic acids is 3. The zero-order valence-corrected chi connectivity index (χ0v) is 18.1. The highest BCUT2D eigenvalue weighted by Crippen LogP contribution is 2.27. The quantitative estimate of drug-likeness (QED) is 0.292. The van der Waals surface area contributed by atoms with E-state index in [1.165, 1.54) is 13.3 Å². The molecule has 0 aromatic heterocycles. The van der Waals surface area contributed by atoms with Gasteiger partial charge in [-0.25, -0.2) is 5.43 Å². The zero-order valence-electron chi connectivity index (χ0n) is 18.1. The molecule has 3 amide bonds. The number of rotatable bonds is 10. The first-order chi connectivity index (χ1) is 15.5. The fourth-order valence-electron chi connectivity index (χ4n) is 2.43. The molecule has 0 bridgehead atoms. The second-order valence-corrected chi connectivity index (χ2v) is 6.43. The van der Waals surface area contributed by atoms with E-state index >= 15 is 0 Å². The Balaban J connectivity index is 1.89. The highest BCUT2D eigenvalue weighted by atomic mass is 16.5. The molecular weight excluding hydrogens is 416 g/mol. The summed E-state index contributed by atoms with van der Waals surface area (Å²) in [6, 6.07) is 11.8. The van der Waals surface area contributed by atoms with Crippen LogP contribution in [0, 0.1) is 0 Å². The van der Waals surface area contributed by atoms with Gasteiger partial charge in [0.25, 0.3) is 5.91 Å². The monoisotopic (exact) mass is 442 g/mol. The van der Waals surface area contributed by atoms with E-state index in [2.05, 4.69) is 21.2 Å². The van der Waals surface area contributed by atoms with Gasteiger partial charge in [-0.05, 0) is 54.4 Å². The van der Waals surface area contributed by atoms with Crippen LogP contribution in [0.1, 0.15) is 18.9 Å². The lowest BCUT2D eigenvalue weighted by atomic mass is 10.2. The van der Waals surface area contributed by atoms with Gasteiger partial charge in [0.15, 0.2) is 18.1 Å². The van der Waals surface area contributed by atoms with Gasteiger partial charge >= 0.3 is 11.8 Å². The van der Waals surface area contributed by atoms with Crippen molar-refractivity contribution < 1.29 is 28.6 Å². The van der Waals surface area contributed by atoms with E-state index in [0.717, 1.165) is 6.42 Å². The minimum atomic E-state index is -0.857. The summed E-state index contributed by atoms with van der Waals surface area (Å²) in [4.78, 5) is 35.2. The maximum Gasteiger partial charge on any atom is 0.329 e. The van der Waals surface area contributed by atoms with E-state index < -0.39 is 11.8 Å². The summed E-state index contributed by atoms with van der Waals surface area (Å²) < 4.78 is 15.9. The first-order valence-electron chi connectivity index (χ1n) is 9.82. The number of carbonyl (C=O) groups is 3. The van der Waals surface area contributed by atoms with Crippen molar-refractivity contribution in [1.82, 2.24) is 10.7 Å². The van der Waals surface area contributed by atoms with Gasteiger partial charge in [0.1, 0.15) is 5.75 Å². The molecule has 0 radical (unpaired) electrons. The summed E-state index contributed by atoms with van der Waals surface area (Å²) in [5.74, 6) is -0.530. The SMILES string of the molecule is CCCNC(=O)C(=O)N/N=C\c1ccc(OCC(=O)Nc2ccc(OC)cc2)c(OC)c1. The predicted octanol–water partition coefficient (Wildman–Crippen LogP) is 1.70. The molecule has 0 saturated heterocycles. The lowest BCUT2D eigenvalue weighted by Crippen LogP contribution is -2.38. The van der Waals surface area contributed by atoms with Crippen LogP contribution in [-0.4, -0.2) is 51.3 Å². The minimum Gasteiger partial charge on any atom is -0.497 e. The number of hydrogen-bond acceptors (Lipinski definition) is 7. The van der Waals surface area contributed by atoms with Crippen molar-refractivity contribution in [2.24, 2.45) is 5.10 Å². The van der Waals surface area contributed by atoms with Gasteiger partial charge in [-0.2, -0.15) is 5.10 Å². The van der Waals surface area contributed by atoms with Gasteiger partial charge in [0.05, 0.1) is 20.4 Å². The van der Waals surface area contributed by atoms with E-state index in [1.807, 2.05) is 6.92 Å². The van der Waals surface area contributed by atoms with Crippen LogP contribution in [0.25, 0.3) is 0 Å². The van der Waals surface area contributed by atoms with Crippen LogP contribution in [0.2, 0.25) is 0 Å². The molecule has 0 spiro atoms. The summed E-state index contributed by atoms with van der Waals surface area (Å²) in [6.07, 6.45) is 2.08. The van der Waals surface area contributed by atoms with Crippen molar-refractivity contribution in [1.29, 1.82) is 0 Å². The smallest absolute Gasteiger partial charge is 0.329 e. The van der Waals surface area contributed by atoms with E-state index in [9.17, 15) is 14.4 Å². The van der Waals surface area contributed by atoms with Gasteiger partial charge in [-0.3, -0.25) is 14.4 Å². The number of amides is 3. The molecular formula is C22H26N4O6. The Morgan fingerprint density at radius 3 is 2.38 bits per heavy atom. The summed E-state index contributed by atoms with van der Waals surface area (Å²) in [6.45, 7) is 2.07. The molecule has 0 saturated carbocycles. The van der Waals surface area contributed by atoms with Crippen LogP contribution in [0.15, 0.2) is 47.6 Å². The van der Waals surface area contributed by atoms with E-state index in [-0.39, 0.29) is 12.5 Å². The first-order valence-corrected chi connectivity index (χ1v) is 9.82. The second-order valence-electron chi connectivity index (χ2n) is 6.43. The van der Waals surface area contributed by atoms with E-state index in [4.69, 9.17) is 14.2 Å². The van der Waals surface area contributed by atoms with Crippen LogP contribution >= 0.6 is 0 Å². The number of hydrazone groups is 1. The molecule has 0 aliphatic heterocycles. The van der Waals surface area contributed by atoms with Crippen molar-refractivity contribution in [3.05, 3.63) is 48.0 Å². The van der Waals surface area contributed by atoms with Crippen LogP contribution in [-0.2, 0) is 14.4 Å². The largest absolute Gasteiger partial charge is 0.497 e. The molecule has 2 rings (SSSR count). The molecule has 0 atom stereocenters. The molecule has 0 heterocycles. The van der Waals surface area contributed by atoms with Crippen LogP contribution in [0.3, 0.4) is 0 Å². The third-order valence-electron chi connectivity index (χ3n) is 4.04. The Morgan fingerprint density at radius 2 is 1.72 bits per heavy atom. The van der Waals surface area contributed by atoms with Gasteiger partial charge in [0.2, 0.25) is 0 Å². The Morgan fingerprint density at radius 1 is 0.969 bits per heavy atom. The fourth-order valence-corrected chi connectivity index (χ4v) is 2.43. The summed E-state index contributed by atoms with van der Waals surface area (Å²) >= 11 is 0. The number of benzene rings is 2. The number of nitrogens with one attached hydrogen (secondary N) is 3. The molecule has 10 nitrogen and oxygen atoms in total. The highest BCUT2D eigenvalue weighted by Gasteiger charge is 2.11. The Bertz CT molecular complexity index is 959. The Hall–Kier alpha value is -4.08. The average molecular weight is 442 g/mol. The number of anilines is 1. The number of methoxy groups -OCH3 is 2. The van der Waals surface area contributed by atoms with Crippen molar-refractivity contribution >= 4 is 29.6 Å². The van der Waals surface area contributed by atoms with Gasteiger partial charge < -0.3 is 24.8 Å². The molecule has 0 unspecified atom stereocenters. The molecule has 0 aliphatic rings. The third kappa shape index (κ3) is 7.63. The first kappa shape index (κ1) is 24.2. The summed E-state index contributed by atoms with van der Waals surface area (Å²) in [7, 11) is 3.02. The fraction of sp³-hybridized carbons (Fsp3) is 0.273. The molecule has 2 aromatic rings.